The highest BCUT2D eigenvalue weighted by Gasteiger charge is 2.10. The SMILES string of the molecule is c1cnc2sc(CCCN3CCOCC3)cc2c1. The van der Waals surface area contributed by atoms with Crippen LogP contribution in [0.25, 0.3) is 10.2 Å². The lowest BCUT2D eigenvalue weighted by atomic mass is 10.2. The Morgan fingerprint density at radius 3 is 3.06 bits per heavy atom. The topological polar surface area (TPSA) is 25.4 Å². The summed E-state index contributed by atoms with van der Waals surface area (Å²) in [5.41, 5.74) is 0. The van der Waals surface area contributed by atoms with Gasteiger partial charge in [-0.05, 0) is 31.5 Å². The van der Waals surface area contributed by atoms with Gasteiger partial charge in [0.2, 0.25) is 0 Å². The number of morpholine rings is 1. The Hall–Kier alpha value is -0.970. The molecule has 3 nitrogen and oxygen atoms in total. The molecular formula is C14H18N2OS. The molecule has 1 aliphatic rings. The zero-order chi connectivity index (χ0) is 12.2. The lowest BCUT2D eigenvalue weighted by molar-refractivity contribution is 0.0375. The Labute approximate surface area is 111 Å². The maximum absolute atomic E-state index is 5.36. The number of fused-ring (bicyclic) bond motifs is 1. The van der Waals surface area contributed by atoms with E-state index in [9.17, 15) is 0 Å². The highest BCUT2D eigenvalue weighted by molar-refractivity contribution is 7.18. The van der Waals surface area contributed by atoms with Crippen molar-refractivity contribution in [2.24, 2.45) is 0 Å². The van der Waals surface area contributed by atoms with Crippen molar-refractivity contribution in [3.63, 3.8) is 0 Å². The molecule has 0 atom stereocenters. The highest BCUT2D eigenvalue weighted by Crippen LogP contribution is 2.24. The van der Waals surface area contributed by atoms with Gasteiger partial charge in [0, 0.05) is 29.5 Å². The van der Waals surface area contributed by atoms with E-state index in [4.69, 9.17) is 4.74 Å². The maximum atomic E-state index is 5.36. The molecule has 96 valence electrons. The molecule has 4 heteroatoms. The van der Waals surface area contributed by atoms with Gasteiger partial charge in [-0.15, -0.1) is 11.3 Å². The monoisotopic (exact) mass is 262 g/mol. The van der Waals surface area contributed by atoms with Gasteiger partial charge < -0.3 is 4.74 Å². The second-order valence-electron chi connectivity index (χ2n) is 4.67. The van der Waals surface area contributed by atoms with Crippen molar-refractivity contribution in [2.75, 3.05) is 32.8 Å². The molecule has 2 aromatic heterocycles. The first kappa shape index (κ1) is 12.1. The molecule has 0 radical (unpaired) electrons. The third-order valence-electron chi connectivity index (χ3n) is 3.35. The molecule has 2 aromatic rings. The van der Waals surface area contributed by atoms with Crippen molar-refractivity contribution >= 4 is 21.6 Å². The molecule has 18 heavy (non-hydrogen) atoms. The van der Waals surface area contributed by atoms with Crippen molar-refractivity contribution in [1.82, 2.24) is 9.88 Å². The highest BCUT2D eigenvalue weighted by atomic mass is 32.1. The van der Waals surface area contributed by atoms with E-state index >= 15 is 0 Å². The van der Waals surface area contributed by atoms with Gasteiger partial charge in [-0.3, -0.25) is 4.90 Å². The average Bonchev–Trinajstić information content (AvgIpc) is 2.82. The molecule has 0 aliphatic carbocycles. The summed E-state index contributed by atoms with van der Waals surface area (Å²) in [6, 6.07) is 6.43. The molecule has 3 rings (SSSR count). The molecule has 0 spiro atoms. The number of hydrogen-bond donors (Lipinski definition) is 0. The molecule has 1 aliphatic heterocycles. The number of hydrogen-bond acceptors (Lipinski definition) is 4. The van der Waals surface area contributed by atoms with E-state index in [1.165, 1.54) is 34.5 Å². The second-order valence-corrected chi connectivity index (χ2v) is 5.78. The van der Waals surface area contributed by atoms with Crippen LogP contribution in [0.2, 0.25) is 0 Å². The van der Waals surface area contributed by atoms with Crippen molar-refractivity contribution in [3.8, 4) is 0 Å². The molecule has 1 saturated heterocycles. The molecule has 0 bridgehead atoms. The van der Waals surface area contributed by atoms with Crippen molar-refractivity contribution in [2.45, 2.75) is 12.8 Å². The molecule has 0 amide bonds. The van der Waals surface area contributed by atoms with Crippen molar-refractivity contribution < 1.29 is 4.74 Å². The fourth-order valence-electron chi connectivity index (χ4n) is 2.35. The summed E-state index contributed by atoms with van der Waals surface area (Å²) in [5, 5.41) is 1.28. The largest absolute Gasteiger partial charge is 0.379 e. The van der Waals surface area contributed by atoms with Crippen LogP contribution in [0.3, 0.4) is 0 Å². The van der Waals surface area contributed by atoms with Gasteiger partial charge in [0.1, 0.15) is 4.83 Å². The van der Waals surface area contributed by atoms with Crippen LogP contribution in [0, 0.1) is 0 Å². The van der Waals surface area contributed by atoms with Crippen LogP contribution < -0.4 is 0 Å². The van der Waals surface area contributed by atoms with Crippen molar-refractivity contribution in [3.05, 3.63) is 29.3 Å². The Morgan fingerprint density at radius 2 is 2.22 bits per heavy atom. The quantitative estimate of drug-likeness (QED) is 0.847. The van der Waals surface area contributed by atoms with Gasteiger partial charge >= 0.3 is 0 Å². The molecule has 1 fully saturated rings. The molecule has 3 heterocycles. The van der Waals surface area contributed by atoms with E-state index < -0.39 is 0 Å². The van der Waals surface area contributed by atoms with Crippen LogP contribution in [0.4, 0.5) is 0 Å². The molecule has 0 unspecified atom stereocenters. The molecule has 0 N–H and O–H groups in total. The summed E-state index contributed by atoms with van der Waals surface area (Å²) in [7, 11) is 0. The van der Waals surface area contributed by atoms with E-state index in [1.807, 2.05) is 23.6 Å². The molecule has 0 saturated carbocycles. The Kier molecular flexibility index (Phi) is 3.88. The minimum absolute atomic E-state index is 0.896. The maximum Gasteiger partial charge on any atom is 0.123 e. The number of ether oxygens (including phenoxy) is 1. The van der Waals surface area contributed by atoms with E-state index in [0.717, 1.165) is 26.3 Å². The van der Waals surface area contributed by atoms with E-state index in [2.05, 4.69) is 22.0 Å². The standard InChI is InChI=1S/C14H18N2OS/c1-3-12-11-13(18-14(12)15-5-1)4-2-6-16-7-9-17-10-8-16/h1,3,5,11H,2,4,6-10H2. The number of aryl methyl sites for hydroxylation is 1. The number of pyridine rings is 1. The van der Waals surface area contributed by atoms with Crippen molar-refractivity contribution in [1.29, 1.82) is 0 Å². The summed E-state index contributed by atoms with van der Waals surface area (Å²) < 4.78 is 5.36. The van der Waals surface area contributed by atoms with Gasteiger partial charge in [-0.1, -0.05) is 6.07 Å². The predicted molar refractivity (Wildman–Crippen MR) is 75.2 cm³/mol. The molecule has 0 aromatic carbocycles. The van der Waals surface area contributed by atoms with E-state index in [-0.39, 0.29) is 0 Å². The van der Waals surface area contributed by atoms with Crippen LogP contribution in [0.1, 0.15) is 11.3 Å². The van der Waals surface area contributed by atoms with Gasteiger partial charge in [-0.2, -0.15) is 0 Å². The lowest BCUT2D eigenvalue weighted by Crippen LogP contribution is -2.36. The normalized spacial score (nSPS) is 17.3. The van der Waals surface area contributed by atoms with Crippen LogP contribution in [0.15, 0.2) is 24.4 Å². The number of thiophene rings is 1. The zero-order valence-electron chi connectivity index (χ0n) is 10.5. The van der Waals surface area contributed by atoms with Crippen LogP contribution in [-0.4, -0.2) is 42.7 Å². The van der Waals surface area contributed by atoms with Crippen LogP contribution in [0.5, 0.6) is 0 Å². The van der Waals surface area contributed by atoms with Gasteiger partial charge in [0.15, 0.2) is 0 Å². The van der Waals surface area contributed by atoms with E-state index in [0.29, 0.717) is 0 Å². The lowest BCUT2D eigenvalue weighted by Gasteiger charge is -2.26. The third-order valence-corrected chi connectivity index (χ3v) is 4.46. The number of nitrogens with zero attached hydrogens (tertiary/aromatic N) is 2. The summed E-state index contributed by atoms with van der Waals surface area (Å²) in [4.78, 5) is 9.51. The Morgan fingerprint density at radius 1 is 1.33 bits per heavy atom. The minimum Gasteiger partial charge on any atom is -0.379 e. The first-order valence-electron chi connectivity index (χ1n) is 6.55. The Balaban J connectivity index is 1.53. The number of aromatic nitrogens is 1. The summed E-state index contributed by atoms with van der Waals surface area (Å²) in [6.07, 6.45) is 4.27. The van der Waals surface area contributed by atoms with Gasteiger partial charge in [0.25, 0.3) is 0 Å². The fourth-order valence-corrected chi connectivity index (χ4v) is 3.39. The second kappa shape index (κ2) is 5.78. The van der Waals surface area contributed by atoms with Crippen LogP contribution >= 0.6 is 11.3 Å². The first-order valence-corrected chi connectivity index (χ1v) is 7.37. The fraction of sp³-hybridized carbons (Fsp3) is 0.500. The summed E-state index contributed by atoms with van der Waals surface area (Å²) in [6.45, 7) is 5.16. The average molecular weight is 262 g/mol. The Bertz CT molecular complexity index is 472. The predicted octanol–water partition coefficient (Wildman–Crippen LogP) is 2.56. The minimum atomic E-state index is 0.896. The number of rotatable bonds is 4. The van der Waals surface area contributed by atoms with Gasteiger partial charge in [0.05, 0.1) is 13.2 Å². The van der Waals surface area contributed by atoms with Crippen LogP contribution in [-0.2, 0) is 11.2 Å². The first-order chi connectivity index (χ1) is 8.92. The smallest absolute Gasteiger partial charge is 0.123 e. The zero-order valence-corrected chi connectivity index (χ0v) is 11.3. The summed E-state index contributed by atoms with van der Waals surface area (Å²) >= 11 is 1.83. The molecular weight excluding hydrogens is 244 g/mol. The van der Waals surface area contributed by atoms with Gasteiger partial charge in [-0.25, -0.2) is 4.98 Å². The van der Waals surface area contributed by atoms with E-state index in [1.54, 1.807) is 0 Å². The summed E-state index contributed by atoms with van der Waals surface area (Å²) in [5.74, 6) is 0. The third kappa shape index (κ3) is 2.88.